The number of nitrogens with zero attached hydrogens (tertiary/aromatic N) is 5. The van der Waals surface area contributed by atoms with E-state index in [-0.39, 0.29) is 5.91 Å². The normalized spacial score (nSPS) is 17.3. The highest BCUT2D eigenvalue weighted by molar-refractivity contribution is 5.92. The van der Waals surface area contributed by atoms with Crippen molar-refractivity contribution in [3.63, 3.8) is 0 Å². The Kier molecular flexibility index (Phi) is 4.17. The van der Waals surface area contributed by atoms with Crippen LogP contribution in [0.1, 0.15) is 29.7 Å². The molecule has 1 atom stereocenters. The zero-order valence-electron chi connectivity index (χ0n) is 14.3. The number of carbonyl (C=O) groups excluding carboxylic acids is 1. The van der Waals surface area contributed by atoms with Crippen LogP contribution >= 0.6 is 0 Å². The van der Waals surface area contributed by atoms with Gasteiger partial charge in [0.15, 0.2) is 5.65 Å². The molecule has 25 heavy (non-hydrogen) atoms. The van der Waals surface area contributed by atoms with Crippen LogP contribution in [0.4, 0.5) is 0 Å². The number of aromatic nitrogens is 4. The molecule has 4 rings (SSSR count). The lowest BCUT2D eigenvalue weighted by Crippen LogP contribution is -2.29. The maximum absolute atomic E-state index is 12.5. The quantitative estimate of drug-likeness (QED) is 0.735. The Bertz CT molecular complexity index is 889. The van der Waals surface area contributed by atoms with Gasteiger partial charge in [0.25, 0.3) is 5.91 Å². The summed E-state index contributed by atoms with van der Waals surface area (Å²) in [6, 6.07) is 9.38. The molecule has 1 fully saturated rings. The minimum atomic E-state index is 0.0220. The fourth-order valence-electron chi connectivity index (χ4n) is 3.59. The Hall–Kier alpha value is -2.76. The summed E-state index contributed by atoms with van der Waals surface area (Å²) in [5.74, 6) is 1.51. The van der Waals surface area contributed by atoms with E-state index in [9.17, 15) is 4.79 Å². The molecular weight excluding hydrogens is 314 g/mol. The number of fused-ring (bicyclic) bond motifs is 1. The molecule has 1 saturated heterocycles. The fourth-order valence-corrected chi connectivity index (χ4v) is 3.59. The van der Waals surface area contributed by atoms with E-state index < -0.39 is 0 Å². The molecule has 0 N–H and O–H groups in total. The van der Waals surface area contributed by atoms with Crippen molar-refractivity contribution in [2.75, 3.05) is 13.1 Å². The third kappa shape index (κ3) is 2.99. The smallest absolute Gasteiger partial charge is 0.272 e. The molecule has 6 heteroatoms. The maximum atomic E-state index is 12.5. The van der Waals surface area contributed by atoms with Crippen molar-refractivity contribution < 1.29 is 4.79 Å². The fraction of sp³-hybridized carbons (Fsp3) is 0.368. The second kappa shape index (κ2) is 6.63. The van der Waals surface area contributed by atoms with E-state index in [1.807, 2.05) is 35.4 Å². The molecule has 0 bridgehead atoms. The standard InChI is InChI=1S/C19H21N5O/c1-2-24-17(22-15-7-5-10-21-18(15)24)12-14-8-11-23(13-14)19(25)16-6-3-4-9-20-16/h3-7,9-10,14H,2,8,11-13H2,1H3. The summed E-state index contributed by atoms with van der Waals surface area (Å²) in [5, 5.41) is 0. The van der Waals surface area contributed by atoms with Crippen LogP contribution in [0.25, 0.3) is 11.2 Å². The monoisotopic (exact) mass is 335 g/mol. The number of rotatable bonds is 4. The number of aryl methyl sites for hydroxylation is 1. The van der Waals surface area contributed by atoms with Gasteiger partial charge in [-0.05, 0) is 43.5 Å². The average molecular weight is 335 g/mol. The summed E-state index contributed by atoms with van der Waals surface area (Å²) in [5.41, 5.74) is 2.41. The lowest BCUT2D eigenvalue weighted by Gasteiger charge is -2.16. The van der Waals surface area contributed by atoms with E-state index in [0.717, 1.165) is 49.5 Å². The van der Waals surface area contributed by atoms with E-state index in [0.29, 0.717) is 11.6 Å². The molecule has 3 aromatic heterocycles. The summed E-state index contributed by atoms with van der Waals surface area (Å²) in [4.78, 5) is 27.8. The number of hydrogen-bond donors (Lipinski definition) is 0. The maximum Gasteiger partial charge on any atom is 0.272 e. The van der Waals surface area contributed by atoms with Crippen molar-refractivity contribution in [3.8, 4) is 0 Å². The molecule has 1 unspecified atom stereocenters. The summed E-state index contributed by atoms with van der Waals surface area (Å²) < 4.78 is 2.18. The first-order valence-corrected chi connectivity index (χ1v) is 8.76. The van der Waals surface area contributed by atoms with Crippen LogP contribution in [0, 0.1) is 5.92 Å². The van der Waals surface area contributed by atoms with Crippen molar-refractivity contribution in [2.45, 2.75) is 26.3 Å². The van der Waals surface area contributed by atoms with E-state index in [4.69, 9.17) is 4.98 Å². The first-order chi connectivity index (χ1) is 12.3. The Morgan fingerprint density at radius 3 is 2.88 bits per heavy atom. The number of carbonyl (C=O) groups is 1. The molecule has 1 aliphatic heterocycles. The third-order valence-corrected chi connectivity index (χ3v) is 4.83. The van der Waals surface area contributed by atoms with Crippen LogP contribution in [0.3, 0.4) is 0 Å². The second-order valence-corrected chi connectivity index (χ2v) is 6.44. The van der Waals surface area contributed by atoms with Crippen molar-refractivity contribution in [3.05, 3.63) is 54.2 Å². The summed E-state index contributed by atoms with van der Waals surface area (Å²) in [7, 11) is 0. The van der Waals surface area contributed by atoms with Gasteiger partial charge in [0.1, 0.15) is 17.0 Å². The first-order valence-electron chi connectivity index (χ1n) is 8.76. The molecule has 4 heterocycles. The SMILES string of the molecule is CCn1c(CC2CCN(C(=O)c3ccccn3)C2)nc2cccnc21. The third-order valence-electron chi connectivity index (χ3n) is 4.83. The van der Waals surface area contributed by atoms with E-state index >= 15 is 0 Å². The van der Waals surface area contributed by atoms with Crippen molar-refractivity contribution in [1.29, 1.82) is 0 Å². The summed E-state index contributed by atoms with van der Waals surface area (Å²) in [6.45, 7) is 4.51. The van der Waals surface area contributed by atoms with Gasteiger partial charge < -0.3 is 9.47 Å². The minimum Gasteiger partial charge on any atom is -0.337 e. The Labute approximate surface area is 146 Å². The highest BCUT2D eigenvalue weighted by Crippen LogP contribution is 2.23. The van der Waals surface area contributed by atoms with E-state index in [2.05, 4.69) is 21.5 Å². The first kappa shape index (κ1) is 15.7. The largest absolute Gasteiger partial charge is 0.337 e. The van der Waals surface area contributed by atoms with Crippen LogP contribution in [0.5, 0.6) is 0 Å². The highest BCUT2D eigenvalue weighted by Gasteiger charge is 2.28. The van der Waals surface area contributed by atoms with Crippen LogP contribution < -0.4 is 0 Å². The zero-order valence-corrected chi connectivity index (χ0v) is 14.3. The average Bonchev–Trinajstić information content (AvgIpc) is 3.26. The number of pyridine rings is 2. The molecule has 0 spiro atoms. The topological polar surface area (TPSA) is 63.9 Å². The molecule has 6 nitrogen and oxygen atoms in total. The summed E-state index contributed by atoms with van der Waals surface area (Å²) in [6.07, 6.45) is 5.34. The van der Waals surface area contributed by atoms with Crippen LogP contribution in [0.15, 0.2) is 42.7 Å². The molecule has 1 aliphatic rings. The lowest BCUT2D eigenvalue weighted by molar-refractivity contribution is 0.0781. The Morgan fingerprint density at radius 1 is 1.20 bits per heavy atom. The molecule has 0 radical (unpaired) electrons. The number of imidazole rings is 1. The molecule has 3 aromatic rings. The van der Waals surface area contributed by atoms with Gasteiger partial charge in [-0.2, -0.15) is 0 Å². The molecular formula is C19H21N5O. The predicted molar refractivity (Wildman–Crippen MR) is 95.2 cm³/mol. The van der Waals surface area contributed by atoms with Gasteiger partial charge in [-0.15, -0.1) is 0 Å². The van der Waals surface area contributed by atoms with Crippen molar-refractivity contribution in [2.24, 2.45) is 5.92 Å². The van der Waals surface area contributed by atoms with Gasteiger partial charge in [-0.1, -0.05) is 6.07 Å². The van der Waals surface area contributed by atoms with Crippen molar-refractivity contribution in [1.82, 2.24) is 24.4 Å². The van der Waals surface area contributed by atoms with Gasteiger partial charge in [0, 0.05) is 38.4 Å². The predicted octanol–water partition coefficient (Wildman–Crippen LogP) is 2.55. The Morgan fingerprint density at radius 2 is 2.08 bits per heavy atom. The number of hydrogen-bond acceptors (Lipinski definition) is 4. The summed E-state index contributed by atoms with van der Waals surface area (Å²) >= 11 is 0. The molecule has 0 saturated carbocycles. The zero-order chi connectivity index (χ0) is 17.2. The van der Waals surface area contributed by atoms with E-state index in [1.54, 1.807) is 12.3 Å². The van der Waals surface area contributed by atoms with Crippen LogP contribution in [-0.4, -0.2) is 43.4 Å². The van der Waals surface area contributed by atoms with Gasteiger partial charge in [0.05, 0.1) is 0 Å². The van der Waals surface area contributed by atoms with E-state index in [1.165, 1.54) is 0 Å². The van der Waals surface area contributed by atoms with Gasteiger partial charge >= 0.3 is 0 Å². The Balaban J connectivity index is 1.49. The molecule has 1 amide bonds. The van der Waals surface area contributed by atoms with Gasteiger partial charge in [-0.3, -0.25) is 9.78 Å². The highest BCUT2D eigenvalue weighted by atomic mass is 16.2. The number of amides is 1. The molecule has 0 aromatic carbocycles. The van der Waals surface area contributed by atoms with Crippen molar-refractivity contribution >= 4 is 17.1 Å². The lowest BCUT2D eigenvalue weighted by atomic mass is 10.0. The van der Waals surface area contributed by atoms with Gasteiger partial charge in [0.2, 0.25) is 0 Å². The molecule has 0 aliphatic carbocycles. The van der Waals surface area contributed by atoms with Crippen LogP contribution in [0.2, 0.25) is 0 Å². The van der Waals surface area contributed by atoms with Crippen LogP contribution in [-0.2, 0) is 13.0 Å². The number of likely N-dealkylation sites (tertiary alicyclic amines) is 1. The minimum absolute atomic E-state index is 0.0220. The second-order valence-electron chi connectivity index (χ2n) is 6.44. The molecule has 128 valence electrons. The van der Waals surface area contributed by atoms with Gasteiger partial charge in [-0.25, -0.2) is 9.97 Å².